The molecule has 3 heterocycles. The first-order valence-electron chi connectivity index (χ1n) is 6.37. The first kappa shape index (κ1) is 12.5. The first-order chi connectivity index (χ1) is 9.67. The molecule has 0 saturated carbocycles. The number of aryl methyl sites for hydroxylation is 1. The zero-order valence-electron chi connectivity index (χ0n) is 11.6. The third kappa shape index (κ3) is 2.18. The van der Waals surface area contributed by atoms with Gasteiger partial charge in [-0.25, -0.2) is 15.0 Å². The summed E-state index contributed by atoms with van der Waals surface area (Å²) >= 11 is 0. The van der Waals surface area contributed by atoms with Gasteiger partial charge in [0.2, 0.25) is 5.89 Å². The number of aromatic nitrogens is 4. The molecule has 7 nitrogen and oxygen atoms in total. The number of fused-ring (bicyclic) bond motifs is 1. The van der Waals surface area contributed by atoms with Gasteiger partial charge in [0, 0.05) is 19.4 Å². The predicted molar refractivity (Wildman–Crippen MR) is 75.8 cm³/mol. The van der Waals surface area contributed by atoms with Crippen molar-refractivity contribution in [3.8, 4) is 0 Å². The third-order valence-corrected chi connectivity index (χ3v) is 2.99. The molecular formula is C13H16N6O. The molecule has 0 spiro atoms. The molecule has 7 heteroatoms. The van der Waals surface area contributed by atoms with Gasteiger partial charge in [0.05, 0.1) is 12.4 Å². The van der Waals surface area contributed by atoms with E-state index >= 15 is 0 Å². The van der Waals surface area contributed by atoms with Crippen molar-refractivity contribution in [2.45, 2.75) is 19.9 Å². The van der Waals surface area contributed by atoms with Crippen LogP contribution in [0.3, 0.4) is 0 Å². The SMILES string of the molecule is CNc1cn2ccnc2c(NC(C)c2ncc(C)o2)n1. The topological polar surface area (TPSA) is 80.3 Å². The van der Waals surface area contributed by atoms with Crippen molar-refractivity contribution in [3.05, 3.63) is 36.4 Å². The summed E-state index contributed by atoms with van der Waals surface area (Å²) in [7, 11) is 1.83. The highest BCUT2D eigenvalue weighted by Gasteiger charge is 2.15. The zero-order valence-corrected chi connectivity index (χ0v) is 11.6. The van der Waals surface area contributed by atoms with E-state index in [1.807, 2.05) is 37.7 Å². The number of oxazole rings is 1. The van der Waals surface area contributed by atoms with Crippen LogP contribution in [-0.4, -0.2) is 26.4 Å². The van der Waals surface area contributed by atoms with Crippen molar-refractivity contribution in [3.63, 3.8) is 0 Å². The average Bonchev–Trinajstić information content (AvgIpc) is 3.06. The summed E-state index contributed by atoms with van der Waals surface area (Å²) in [5.74, 6) is 2.86. The van der Waals surface area contributed by atoms with Crippen LogP contribution in [0, 0.1) is 6.92 Å². The first-order valence-corrected chi connectivity index (χ1v) is 6.37. The molecule has 3 aromatic rings. The molecule has 104 valence electrons. The molecule has 0 amide bonds. The van der Waals surface area contributed by atoms with Gasteiger partial charge >= 0.3 is 0 Å². The molecule has 1 atom stereocenters. The fourth-order valence-electron chi connectivity index (χ4n) is 1.99. The molecule has 0 aliphatic rings. The lowest BCUT2D eigenvalue weighted by Crippen LogP contribution is -2.10. The Bertz CT molecular complexity index is 731. The molecule has 0 aromatic carbocycles. The van der Waals surface area contributed by atoms with Gasteiger partial charge in [-0.05, 0) is 13.8 Å². The van der Waals surface area contributed by atoms with E-state index in [1.54, 1.807) is 12.4 Å². The van der Waals surface area contributed by atoms with E-state index in [-0.39, 0.29) is 6.04 Å². The van der Waals surface area contributed by atoms with Crippen molar-refractivity contribution in [2.24, 2.45) is 0 Å². The van der Waals surface area contributed by atoms with E-state index < -0.39 is 0 Å². The van der Waals surface area contributed by atoms with Crippen molar-refractivity contribution in [1.82, 2.24) is 19.4 Å². The van der Waals surface area contributed by atoms with Crippen LogP contribution >= 0.6 is 0 Å². The minimum absolute atomic E-state index is 0.0937. The Morgan fingerprint density at radius 3 is 2.90 bits per heavy atom. The van der Waals surface area contributed by atoms with E-state index in [9.17, 15) is 0 Å². The Hall–Kier alpha value is -2.57. The number of nitrogens with one attached hydrogen (secondary N) is 2. The van der Waals surface area contributed by atoms with Gasteiger partial charge in [0.1, 0.15) is 17.6 Å². The molecular weight excluding hydrogens is 256 g/mol. The van der Waals surface area contributed by atoms with Crippen LogP contribution in [0.2, 0.25) is 0 Å². The number of imidazole rings is 1. The maximum atomic E-state index is 5.52. The van der Waals surface area contributed by atoms with E-state index in [0.717, 1.165) is 17.2 Å². The third-order valence-electron chi connectivity index (χ3n) is 2.99. The minimum atomic E-state index is -0.0937. The fourth-order valence-corrected chi connectivity index (χ4v) is 1.99. The maximum absolute atomic E-state index is 5.52. The largest absolute Gasteiger partial charge is 0.444 e. The van der Waals surface area contributed by atoms with Crippen LogP contribution in [0.4, 0.5) is 11.6 Å². The van der Waals surface area contributed by atoms with Crippen LogP contribution in [0.5, 0.6) is 0 Å². The van der Waals surface area contributed by atoms with Crippen LogP contribution in [0.15, 0.2) is 29.2 Å². The Morgan fingerprint density at radius 2 is 2.20 bits per heavy atom. The molecule has 3 aromatic heterocycles. The predicted octanol–water partition coefficient (Wildman–Crippen LogP) is 2.24. The smallest absolute Gasteiger partial charge is 0.216 e. The van der Waals surface area contributed by atoms with Crippen molar-refractivity contribution < 1.29 is 4.42 Å². The quantitative estimate of drug-likeness (QED) is 0.758. The highest BCUT2D eigenvalue weighted by atomic mass is 16.4. The maximum Gasteiger partial charge on any atom is 0.216 e. The van der Waals surface area contributed by atoms with Gasteiger partial charge in [-0.2, -0.15) is 0 Å². The summed E-state index contributed by atoms with van der Waals surface area (Å²) in [4.78, 5) is 13.0. The number of nitrogens with zero attached hydrogens (tertiary/aromatic N) is 4. The number of hydrogen-bond donors (Lipinski definition) is 2. The Morgan fingerprint density at radius 1 is 1.35 bits per heavy atom. The second-order valence-electron chi connectivity index (χ2n) is 4.56. The summed E-state index contributed by atoms with van der Waals surface area (Å²) in [6, 6.07) is -0.0937. The van der Waals surface area contributed by atoms with Gasteiger partial charge in [0.15, 0.2) is 11.5 Å². The highest BCUT2D eigenvalue weighted by Crippen LogP contribution is 2.22. The Labute approximate surface area is 116 Å². The molecule has 1 unspecified atom stereocenters. The number of anilines is 2. The number of rotatable bonds is 4. The summed E-state index contributed by atoms with van der Waals surface area (Å²) in [6.07, 6.45) is 7.20. The molecule has 0 radical (unpaired) electrons. The van der Waals surface area contributed by atoms with E-state index in [2.05, 4.69) is 25.6 Å². The molecule has 0 aliphatic heterocycles. The van der Waals surface area contributed by atoms with Gasteiger partial charge in [-0.1, -0.05) is 0 Å². The van der Waals surface area contributed by atoms with Crippen molar-refractivity contribution in [1.29, 1.82) is 0 Å². The molecule has 2 N–H and O–H groups in total. The summed E-state index contributed by atoms with van der Waals surface area (Å²) in [5, 5.41) is 6.31. The monoisotopic (exact) mass is 272 g/mol. The molecule has 0 bridgehead atoms. The van der Waals surface area contributed by atoms with Gasteiger partial charge in [-0.15, -0.1) is 0 Å². The van der Waals surface area contributed by atoms with Crippen LogP contribution in [0.25, 0.3) is 5.65 Å². The van der Waals surface area contributed by atoms with Crippen LogP contribution < -0.4 is 10.6 Å². The average molecular weight is 272 g/mol. The van der Waals surface area contributed by atoms with E-state index in [1.165, 1.54) is 0 Å². The normalized spacial score (nSPS) is 12.6. The molecule has 20 heavy (non-hydrogen) atoms. The standard InChI is InChI=1S/C13H16N6O/c1-8-6-16-13(20-8)9(2)17-11-12-15-4-5-19(12)7-10(14-3)18-11/h4-7,9,14H,1-3H3,(H,17,18). The van der Waals surface area contributed by atoms with Crippen molar-refractivity contribution in [2.75, 3.05) is 17.7 Å². The highest BCUT2D eigenvalue weighted by molar-refractivity contribution is 5.65. The molecule has 3 rings (SSSR count). The van der Waals surface area contributed by atoms with E-state index in [4.69, 9.17) is 4.42 Å². The second kappa shape index (κ2) is 4.84. The second-order valence-corrected chi connectivity index (χ2v) is 4.56. The van der Waals surface area contributed by atoms with Gasteiger partial charge in [0.25, 0.3) is 0 Å². The minimum Gasteiger partial charge on any atom is -0.444 e. The Balaban J connectivity index is 1.95. The zero-order chi connectivity index (χ0) is 14.1. The molecule has 0 aliphatic carbocycles. The van der Waals surface area contributed by atoms with Gasteiger partial charge < -0.3 is 19.5 Å². The fraction of sp³-hybridized carbons (Fsp3) is 0.308. The molecule has 0 saturated heterocycles. The Kier molecular flexibility index (Phi) is 3.02. The van der Waals surface area contributed by atoms with E-state index in [0.29, 0.717) is 11.7 Å². The lowest BCUT2D eigenvalue weighted by Gasteiger charge is -2.13. The molecule has 0 fully saturated rings. The summed E-state index contributed by atoms with van der Waals surface area (Å²) in [6.45, 7) is 3.84. The van der Waals surface area contributed by atoms with Crippen LogP contribution in [0.1, 0.15) is 24.6 Å². The van der Waals surface area contributed by atoms with Gasteiger partial charge in [-0.3, -0.25) is 0 Å². The van der Waals surface area contributed by atoms with Crippen LogP contribution in [-0.2, 0) is 0 Å². The van der Waals surface area contributed by atoms with Crippen molar-refractivity contribution >= 4 is 17.3 Å². The lowest BCUT2D eigenvalue weighted by atomic mass is 10.3. The lowest BCUT2D eigenvalue weighted by molar-refractivity contribution is 0.453. The summed E-state index contributed by atoms with van der Waals surface area (Å²) < 4.78 is 7.43. The number of hydrogen-bond acceptors (Lipinski definition) is 6. The summed E-state index contributed by atoms with van der Waals surface area (Å²) in [5.41, 5.74) is 0.763.